The van der Waals surface area contributed by atoms with Gasteiger partial charge in [0, 0.05) is 22.1 Å². The normalized spacial score (nSPS) is 11.7. The monoisotopic (exact) mass is 327 g/mol. The maximum atomic E-state index is 5.97. The molecule has 2 nitrogen and oxygen atoms in total. The van der Waals surface area contributed by atoms with Gasteiger partial charge in [0.15, 0.2) is 0 Å². The van der Waals surface area contributed by atoms with Crippen molar-refractivity contribution in [2.45, 2.75) is 59.5 Å². The summed E-state index contributed by atoms with van der Waals surface area (Å²) in [4.78, 5) is 0. The van der Waals surface area contributed by atoms with Gasteiger partial charge in [-0.2, -0.15) is 0 Å². The molecule has 0 unspecified atom stereocenters. The summed E-state index contributed by atoms with van der Waals surface area (Å²) in [5.41, 5.74) is 2.52. The maximum absolute atomic E-state index is 5.97. The zero-order valence-electron chi connectivity index (χ0n) is 12.8. The van der Waals surface area contributed by atoms with Crippen LogP contribution in [0.1, 0.15) is 51.7 Å². The second kappa shape index (κ2) is 7.30. The molecule has 0 saturated carbocycles. The first-order valence-corrected chi connectivity index (χ1v) is 7.79. The number of ether oxygens (including phenoxy) is 1. The van der Waals surface area contributed by atoms with Crippen molar-refractivity contribution in [2.24, 2.45) is 0 Å². The summed E-state index contributed by atoms with van der Waals surface area (Å²) in [6.45, 7) is 12.4. The number of aryl methyl sites for hydroxylation is 1. The molecule has 1 N–H and O–H groups in total. The van der Waals surface area contributed by atoms with Crippen LogP contribution >= 0.6 is 15.9 Å². The standard InChI is InChI=1S/C16H26BrNO/c1-6-7-8-19-15-12(2)9-14(17)10-13(15)11-18-16(3,4)5/h9-10,18H,6-8,11H2,1-5H3. The van der Waals surface area contributed by atoms with Crippen LogP contribution < -0.4 is 10.1 Å². The van der Waals surface area contributed by atoms with Crippen LogP contribution in [0.3, 0.4) is 0 Å². The van der Waals surface area contributed by atoms with Gasteiger partial charge in [0.2, 0.25) is 0 Å². The van der Waals surface area contributed by atoms with E-state index in [1.165, 1.54) is 11.1 Å². The first kappa shape index (κ1) is 16.5. The molecule has 0 radical (unpaired) electrons. The summed E-state index contributed by atoms with van der Waals surface area (Å²) >= 11 is 3.57. The van der Waals surface area contributed by atoms with Crippen LogP contribution in [0.4, 0.5) is 0 Å². The van der Waals surface area contributed by atoms with E-state index in [1.807, 2.05) is 0 Å². The van der Waals surface area contributed by atoms with E-state index in [9.17, 15) is 0 Å². The summed E-state index contributed by atoms with van der Waals surface area (Å²) in [7, 11) is 0. The van der Waals surface area contributed by atoms with Crippen LogP contribution in [-0.4, -0.2) is 12.1 Å². The fourth-order valence-electron chi connectivity index (χ4n) is 1.82. The highest BCUT2D eigenvalue weighted by molar-refractivity contribution is 9.10. The highest BCUT2D eigenvalue weighted by Gasteiger charge is 2.13. The van der Waals surface area contributed by atoms with Crippen molar-refractivity contribution in [1.29, 1.82) is 0 Å². The molecule has 0 aliphatic rings. The second-order valence-corrected chi connectivity index (χ2v) is 6.93. The Balaban J connectivity index is 2.86. The molecule has 0 spiro atoms. The molecule has 1 rings (SSSR count). The van der Waals surface area contributed by atoms with E-state index < -0.39 is 0 Å². The summed E-state index contributed by atoms with van der Waals surface area (Å²) < 4.78 is 7.08. The van der Waals surface area contributed by atoms with Gasteiger partial charge in [0.05, 0.1) is 6.61 Å². The summed E-state index contributed by atoms with van der Waals surface area (Å²) in [5.74, 6) is 1.04. The molecule has 1 aromatic carbocycles. The van der Waals surface area contributed by atoms with E-state index in [-0.39, 0.29) is 5.54 Å². The van der Waals surface area contributed by atoms with E-state index in [2.05, 4.69) is 68.0 Å². The smallest absolute Gasteiger partial charge is 0.126 e. The van der Waals surface area contributed by atoms with Crippen molar-refractivity contribution < 1.29 is 4.74 Å². The molecule has 3 heteroatoms. The first-order chi connectivity index (χ1) is 8.83. The topological polar surface area (TPSA) is 21.3 Å². The Kier molecular flexibility index (Phi) is 6.34. The minimum absolute atomic E-state index is 0.108. The minimum Gasteiger partial charge on any atom is -0.493 e. The van der Waals surface area contributed by atoms with Gasteiger partial charge in [0.1, 0.15) is 5.75 Å². The van der Waals surface area contributed by atoms with Crippen LogP contribution in [0.2, 0.25) is 0 Å². The lowest BCUT2D eigenvalue weighted by atomic mass is 10.1. The van der Waals surface area contributed by atoms with Crippen LogP contribution in [0.15, 0.2) is 16.6 Å². The number of benzene rings is 1. The molecule has 0 aliphatic heterocycles. The Labute approximate surface area is 126 Å². The van der Waals surface area contributed by atoms with E-state index in [0.717, 1.165) is 36.2 Å². The fourth-order valence-corrected chi connectivity index (χ4v) is 2.44. The van der Waals surface area contributed by atoms with Gasteiger partial charge in [0.25, 0.3) is 0 Å². The molecule has 0 bridgehead atoms. The number of hydrogen-bond acceptors (Lipinski definition) is 2. The fraction of sp³-hybridized carbons (Fsp3) is 0.625. The molecule has 108 valence electrons. The van der Waals surface area contributed by atoms with E-state index in [0.29, 0.717) is 0 Å². The average molecular weight is 328 g/mol. The Morgan fingerprint density at radius 3 is 2.53 bits per heavy atom. The number of nitrogens with one attached hydrogen (secondary N) is 1. The zero-order valence-corrected chi connectivity index (χ0v) is 14.4. The van der Waals surface area contributed by atoms with Gasteiger partial charge in [-0.15, -0.1) is 0 Å². The van der Waals surface area contributed by atoms with E-state index in [4.69, 9.17) is 4.74 Å². The zero-order chi connectivity index (χ0) is 14.5. The van der Waals surface area contributed by atoms with Gasteiger partial charge >= 0.3 is 0 Å². The first-order valence-electron chi connectivity index (χ1n) is 7.00. The molecular weight excluding hydrogens is 302 g/mol. The summed E-state index contributed by atoms with van der Waals surface area (Å²) in [6.07, 6.45) is 2.26. The van der Waals surface area contributed by atoms with Gasteiger partial charge < -0.3 is 10.1 Å². The van der Waals surface area contributed by atoms with Crippen LogP contribution in [0.5, 0.6) is 5.75 Å². The Bertz CT molecular complexity index is 410. The molecule has 0 aromatic heterocycles. The molecule has 0 fully saturated rings. The van der Waals surface area contributed by atoms with Crippen LogP contribution in [0, 0.1) is 6.92 Å². The highest BCUT2D eigenvalue weighted by atomic mass is 79.9. The third kappa shape index (κ3) is 5.96. The van der Waals surface area contributed by atoms with E-state index in [1.54, 1.807) is 0 Å². The number of halogens is 1. The molecule has 0 saturated heterocycles. The van der Waals surface area contributed by atoms with E-state index >= 15 is 0 Å². The molecule has 0 atom stereocenters. The van der Waals surface area contributed by atoms with Crippen molar-refractivity contribution in [1.82, 2.24) is 5.32 Å². The van der Waals surface area contributed by atoms with Gasteiger partial charge in [-0.05, 0) is 51.8 Å². The molecule has 0 amide bonds. The molecule has 0 aliphatic carbocycles. The Morgan fingerprint density at radius 1 is 1.26 bits per heavy atom. The van der Waals surface area contributed by atoms with Crippen molar-refractivity contribution in [2.75, 3.05) is 6.61 Å². The summed E-state index contributed by atoms with van der Waals surface area (Å²) in [6, 6.07) is 4.26. The third-order valence-electron chi connectivity index (χ3n) is 2.87. The quantitative estimate of drug-likeness (QED) is 0.756. The predicted molar refractivity (Wildman–Crippen MR) is 85.9 cm³/mol. The Hall–Kier alpha value is -0.540. The largest absolute Gasteiger partial charge is 0.493 e. The van der Waals surface area contributed by atoms with Gasteiger partial charge in [-0.1, -0.05) is 29.3 Å². The summed E-state index contributed by atoms with van der Waals surface area (Å²) in [5, 5.41) is 3.52. The average Bonchev–Trinajstić information content (AvgIpc) is 2.28. The lowest BCUT2D eigenvalue weighted by Gasteiger charge is -2.22. The Morgan fingerprint density at radius 2 is 1.95 bits per heavy atom. The molecule has 19 heavy (non-hydrogen) atoms. The number of rotatable bonds is 6. The molecule has 1 aromatic rings. The molecular formula is C16H26BrNO. The van der Waals surface area contributed by atoms with Crippen molar-refractivity contribution in [3.63, 3.8) is 0 Å². The highest BCUT2D eigenvalue weighted by Crippen LogP contribution is 2.28. The van der Waals surface area contributed by atoms with Crippen LogP contribution in [0.25, 0.3) is 0 Å². The van der Waals surface area contributed by atoms with Crippen LogP contribution in [-0.2, 0) is 6.54 Å². The SMILES string of the molecule is CCCCOc1c(C)cc(Br)cc1CNC(C)(C)C. The third-order valence-corrected chi connectivity index (χ3v) is 3.33. The van der Waals surface area contributed by atoms with Gasteiger partial charge in [-0.3, -0.25) is 0 Å². The predicted octanol–water partition coefficient (Wildman–Crippen LogP) is 4.82. The minimum atomic E-state index is 0.108. The number of unbranched alkanes of at least 4 members (excludes halogenated alkanes) is 1. The second-order valence-electron chi connectivity index (χ2n) is 6.02. The van der Waals surface area contributed by atoms with Gasteiger partial charge in [-0.25, -0.2) is 0 Å². The lowest BCUT2D eigenvalue weighted by Crippen LogP contribution is -2.35. The lowest BCUT2D eigenvalue weighted by molar-refractivity contribution is 0.301. The maximum Gasteiger partial charge on any atom is 0.126 e. The van der Waals surface area contributed by atoms with Crippen molar-refractivity contribution >= 4 is 15.9 Å². The molecule has 0 heterocycles. The van der Waals surface area contributed by atoms with Crippen molar-refractivity contribution in [3.05, 3.63) is 27.7 Å². The number of hydrogen-bond donors (Lipinski definition) is 1. The van der Waals surface area contributed by atoms with Crippen molar-refractivity contribution in [3.8, 4) is 5.75 Å².